The third-order valence-corrected chi connectivity index (χ3v) is 4.61. The minimum Gasteiger partial charge on any atom is -0.395 e. The number of carbonyl (C=O) groups excluding carboxylic acids is 1. The second kappa shape index (κ2) is 6.34. The highest BCUT2D eigenvalue weighted by Crippen LogP contribution is 2.25. The minimum absolute atomic E-state index is 0.0443. The smallest absolute Gasteiger partial charge is 0.270 e. The number of fused-ring (bicyclic) bond motifs is 1. The highest BCUT2D eigenvalue weighted by molar-refractivity contribution is 7.17. The number of aromatic nitrogens is 1. The molecule has 0 unspecified atom stereocenters. The van der Waals surface area contributed by atoms with Crippen LogP contribution in [0.25, 0.3) is 10.2 Å². The fourth-order valence-corrected chi connectivity index (χ4v) is 3.44. The second-order valence-electron chi connectivity index (χ2n) is 5.19. The highest BCUT2D eigenvalue weighted by Gasteiger charge is 2.20. The number of aliphatic hydroxyl groups is 1. The maximum Gasteiger partial charge on any atom is 0.270 e. The molecule has 0 aliphatic rings. The zero-order chi connectivity index (χ0) is 15.5. The number of aliphatic hydroxyl groups excluding tert-OH is 1. The molecule has 3 aromatic rings. The zero-order valence-electron chi connectivity index (χ0n) is 12.4. The van der Waals surface area contributed by atoms with Gasteiger partial charge < -0.3 is 14.6 Å². The Morgan fingerprint density at radius 2 is 2.05 bits per heavy atom. The molecule has 0 saturated carbocycles. The van der Waals surface area contributed by atoms with Gasteiger partial charge >= 0.3 is 0 Å². The van der Waals surface area contributed by atoms with Crippen molar-refractivity contribution in [2.75, 3.05) is 13.2 Å². The van der Waals surface area contributed by atoms with E-state index in [4.69, 9.17) is 0 Å². The quantitative estimate of drug-likeness (QED) is 0.787. The number of thiophene rings is 1. The van der Waals surface area contributed by atoms with Crippen molar-refractivity contribution in [3.05, 3.63) is 59.1 Å². The predicted octanol–water partition coefficient (Wildman–Crippen LogP) is 2.87. The van der Waals surface area contributed by atoms with Crippen LogP contribution in [0.4, 0.5) is 0 Å². The largest absolute Gasteiger partial charge is 0.395 e. The van der Waals surface area contributed by atoms with Gasteiger partial charge in [0.15, 0.2) is 0 Å². The molecule has 1 N–H and O–H groups in total. The highest BCUT2D eigenvalue weighted by atomic mass is 32.1. The van der Waals surface area contributed by atoms with Gasteiger partial charge in [0, 0.05) is 20.1 Å². The predicted molar refractivity (Wildman–Crippen MR) is 89.1 cm³/mol. The second-order valence-corrected chi connectivity index (χ2v) is 6.14. The van der Waals surface area contributed by atoms with E-state index in [2.05, 4.69) is 0 Å². The average Bonchev–Trinajstić information content (AvgIpc) is 3.11. The Morgan fingerprint density at radius 1 is 1.27 bits per heavy atom. The van der Waals surface area contributed by atoms with Crippen molar-refractivity contribution in [3.63, 3.8) is 0 Å². The number of hydrogen-bond donors (Lipinski definition) is 1. The van der Waals surface area contributed by atoms with Gasteiger partial charge in [0.05, 0.1) is 16.8 Å². The molecule has 0 saturated heterocycles. The van der Waals surface area contributed by atoms with E-state index in [1.165, 1.54) is 0 Å². The van der Waals surface area contributed by atoms with Gasteiger partial charge in [0.2, 0.25) is 0 Å². The van der Waals surface area contributed by atoms with Crippen molar-refractivity contribution >= 4 is 27.5 Å². The average molecular weight is 314 g/mol. The van der Waals surface area contributed by atoms with Crippen LogP contribution in [0.2, 0.25) is 0 Å². The summed E-state index contributed by atoms with van der Waals surface area (Å²) in [6, 6.07) is 13.8. The number of rotatable bonds is 5. The first-order valence-electron chi connectivity index (χ1n) is 7.17. The summed E-state index contributed by atoms with van der Waals surface area (Å²) in [5.41, 5.74) is 2.78. The lowest BCUT2D eigenvalue weighted by atomic mass is 10.2. The van der Waals surface area contributed by atoms with Crippen molar-refractivity contribution in [3.8, 4) is 0 Å². The van der Waals surface area contributed by atoms with Gasteiger partial charge in [-0.15, -0.1) is 11.3 Å². The van der Waals surface area contributed by atoms with Gasteiger partial charge in [0.25, 0.3) is 5.91 Å². The number of hydrogen-bond acceptors (Lipinski definition) is 3. The van der Waals surface area contributed by atoms with Gasteiger partial charge in [0.1, 0.15) is 5.69 Å². The number of benzene rings is 1. The number of nitrogens with zero attached hydrogens (tertiary/aromatic N) is 2. The van der Waals surface area contributed by atoms with Crippen LogP contribution in [0, 0.1) is 0 Å². The molecule has 1 amide bonds. The molecule has 2 heterocycles. The lowest BCUT2D eigenvalue weighted by molar-refractivity contribution is 0.0698. The Labute approximate surface area is 133 Å². The van der Waals surface area contributed by atoms with Crippen molar-refractivity contribution in [1.82, 2.24) is 9.47 Å². The summed E-state index contributed by atoms with van der Waals surface area (Å²) in [4.78, 5) is 14.5. The normalized spacial score (nSPS) is 11.0. The van der Waals surface area contributed by atoms with E-state index < -0.39 is 0 Å². The van der Waals surface area contributed by atoms with E-state index in [0.717, 1.165) is 15.8 Å². The van der Waals surface area contributed by atoms with Gasteiger partial charge in [-0.25, -0.2) is 0 Å². The molecule has 0 atom stereocenters. The summed E-state index contributed by atoms with van der Waals surface area (Å²) in [5.74, 6) is -0.0520. The molecule has 0 aliphatic carbocycles. The van der Waals surface area contributed by atoms with Crippen LogP contribution in [0.1, 0.15) is 16.1 Å². The summed E-state index contributed by atoms with van der Waals surface area (Å²) in [5, 5.41) is 11.3. The van der Waals surface area contributed by atoms with E-state index in [-0.39, 0.29) is 12.5 Å². The molecule has 0 aliphatic heterocycles. The molecule has 3 rings (SSSR count). The molecular formula is C17H18N2O2S. The van der Waals surface area contributed by atoms with E-state index >= 15 is 0 Å². The van der Waals surface area contributed by atoms with Gasteiger partial charge in [-0.3, -0.25) is 4.79 Å². The molecule has 2 aromatic heterocycles. The van der Waals surface area contributed by atoms with Crippen molar-refractivity contribution in [2.45, 2.75) is 6.54 Å². The summed E-state index contributed by atoms with van der Waals surface area (Å²) in [6.45, 7) is 0.781. The Hall–Kier alpha value is -2.11. The fraction of sp³-hybridized carbons (Fsp3) is 0.235. The summed E-state index contributed by atoms with van der Waals surface area (Å²) in [7, 11) is 1.90. The number of aryl methyl sites for hydroxylation is 1. The Bertz CT molecular complexity index is 776. The Balaban J connectivity index is 1.88. The van der Waals surface area contributed by atoms with Crippen LogP contribution in [0.5, 0.6) is 0 Å². The molecule has 0 radical (unpaired) electrons. The Kier molecular flexibility index (Phi) is 4.27. The van der Waals surface area contributed by atoms with Crippen LogP contribution in [0.15, 0.2) is 47.8 Å². The fourth-order valence-electron chi connectivity index (χ4n) is 2.59. The number of carbonyl (C=O) groups is 1. The molecule has 22 heavy (non-hydrogen) atoms. The molecule has 0 fully saturated rings. The molecule has 114 valence electrons. The Morgan fingerprint density at radius 3 is 2.73 bits per heavy atom. The number of amides is 1. The first-order valence-corrected chi connectivity index (χ1v) is 8.05. The molecule has 5 heteroatoms. The first-order chi connectivity index (χ1) is 10.7. The van der Waals surface area contributed by atoms with Crippen molar-refractivity contribution < 1.29 is 9.90 Å². The minimum atomic E-state index is -0.0520. The van der Waals surface area contributed by atoms with Crippen LogP contribution in [0.3, 0.4) is 0 Å². The third kappa shape index (κ3) is 2.77. The van der Waals surface area contributed by atoms with Crippen LogP contribution in [-0.4, -0.2) is 33.6 Å². The van der Waals surface area contributed by atoms with Crippen LogP contribution < -0.4 is 0 Å². The first kappa shape index (κ1) is 14.8. The molecule has 4 nitrogen and oxygen atoms in total. The maximum atomic E-state index is 12.8. The molecular weight excluding hydrogens is 296 g/mol. The molecule has 0 bridgehead atoms. The molecule has 1 aromatic carbocycles. The van der Waals surface area contributed by atoms with E-state index in [1.807, 2.05) is 59.5 Å². The summed E-state index contributed by atoms with van der Waals surface area (Å²) < 4.78 is 3.03. The van der Waals surface area contributed by atoms with E-state index in [9.17, 15) is 9.90 Å². The third-order valence-electron chi connectivity index (χ3n) is 3.76. The maximum absolute atomic E-state index is 12.8. The van der Waals surface area contributed by atoms with E-state index in [1.54, 1.807) is 16.2 Å². The van der Waals surface area contributed by atoms with E-state index in [0.29, 0.717) is 18.8 Å². The lowest BCUT2D eigenvalue weighted by Gasteiger charge is -2.22. The molecule has 0 spiro atoms. The van der Waals surface area contributed by atoms with Crippen LogP contribution in [-0.2, 0) is 13.6 Å². The lowest BCUT2D eigenvalue weighted by Crippen LogP contribution is -2.34. The van der Waals surface area contributed by atoms with Crippen molar-refractivity contribution in [2.24, 2.45) is 7.05 Å². The summed E-state index contributed by atoms with van der Waals surface area (Å²) >= 11 is 1.63. The topological polar surface area (TPSA) is 45.5 Å². The standard InChI is InChI=1S/C17H18N2O2S/c1-18-14-7-10-22-16(14)11-15(18)17(21)19(8-9-20)12-13-5-3-2-4-6-13/h2-7,10-11,20H,8-9,12H2,1H3. The van der Waals surface area contributed by atoms with Gasteiger partial charge in [-0.1, -0.05) is 30.3 Å². The zero-order valence-corrected chi connectivity index (χ0v) is 13.2. The summed E-state index contributed by atoms with van der Waals surface area (Å²) in [6.07, 6.45) is 0. The van der Waals surface area contributed by atoms with Gasteiger partial charge in [-0.2, -0.15) is 0 Å². The van der Waals surface area contributed by atoms with Gasteiger partial charge in [-0.05, 0) is 23.1 Å². The SMILES string of the molecule is Cn1c(C(=O)N(CCO)Cc2ccccc2)cc2sccc21. The monoisotopic (exact) mass is 314 g/mol. The van der Waals surface area contributed by atoms with Crippen LogP contribution >= 0.6 is 11.3 Å². The van der Waals surface area contributed by atoms with Crippen molar-refractivity contribution in [1.29, 1.82) is 0 Å².